The van der Waals surface area contributed by atoms with Crippen LogP contribution < -0.4 is 5.56 Å². The van der Waals surface area contributed by atoms with Gasteiger partial charge in [0.05, 0.1) is 23.9 Å². The predicted octanol–water partition coefficient (Wildman–Crippen LogP) is 4.17. The number of nitrogens with one attached hydrogen (secondary N) is 1. The first-order valence-electron chi connectivity index (χ1n) is 9.39. The summed E-state index contributed by atoms with van der Waals surface area (Å²) in [6.45, 7) is 6.98. The molecule has 1 heterocycles. The maximum absolute atomic E-state index is 12.9. The molecular weight excluding hydrogens is 374 g/mol. The molecule has 28 heavy (non-hydrogen) atoms. The van der Waals surface area contributed by atoms with Crippen LogP contribution in [0.1, 0.15) is 35.9 Å². The Morgan fingerprint density at radius 2 is 1.93 bits per heavy atom. The highest BCUT2D eigenvalue weighted by Gasteiger charge is 2.16. The smallest absolute Gasteiger partial charge is 0.258 e. The summed E-state index contributed by atoms with van der Waals surface area (Å²) in [5, 5.41) is 1.00. The third-order valence-corrected chi connectivity index (χ3v) is 5.07. The molecule has 1 N–H and O–H groups in total. The van der Waals surface area contributed by atoms with E-state index >= 15 is 0 Å². The molecule has 0 saturated carbocycles. The average Bonchev–Trinajstić information content (AvgIpc) is 2.64. The Labute approximate surface area is 169 Å². The molecule has 0 atom stereocenters. The Morgan fingerprint density at radius 1 is 1.14 bits per heavy atom. The molecule has 146 valence electrons. The Kier molecular flexibility index (Phi) is 6.15. The number of rotatable bonds is 6. The maximum Gasteiger partial charge on any atom is 0.258 e. The third-order valence-electron chi connectivity index (χ3n) is 4.83. The van der Waals surface area contributed by atoms with Crippen molar-refractivity contribution in [2.45, 2.75) is 40.2 Å². The van der Waals surface area contributed by atoms with E-state index in [0.29, 0.717) is 34.7 Å². The minimum absolute atomic E-state index is 0.0129. The second kappa shape index (κ2) is 8.57. The molecule has 0 spiro atoms. The van der Waals surface area contributed by atoms with Crippen molar-refractivity contribution >= 4 is 28.4 Å². The first-order chi connectivity index (χ1) is 13.4. The molecule has 3 rings (SSSR count). The van der Waals surface area contributed by atoms with Crippen molar-refractivity contribution in [1.29, 1.82) is 0 Å². The van der Waals surface area contributed by atoms with Crippen molar-refractivity contribution in [3.05, 3.63) is 74.3 Å². The lowest BCUT2D eigenvalue weighted by Crippen LogP contribution is -2.34. The van der Waals surface area contributed by atoms with E-state index in [4.69, 9.17) is 11.6 Å². The van der Waals surface area contributed by atoms with Crippen LogP contribution in [0.4, 0.5) is 0 Å². The first-order valence-corrected chi connectivity index (χ1v) is 9.77. The fourth-order valence-corrected chi connectivity index (χ4v) is 3.34. The molecule has 0 saturated heterocycles. The summed E-state index contributed by atoms with van der Waals surface area (Å²) < 4.78 is 0. The molecular formula is C22H24ClN3O2. The van der Waals surface area contributed by atoms with Crippen LogP contribution in [0, 0.1) is 13.8 Å². The van der Waals surface area contributed by atoms with Crippen molar-refractivity contribution in [2.75, 3.05) is 6.54 Å². The van der Waals surface area contributed by atoms with Gasteiger partial charge in [-0.3, -0.25) is 9.59 Å². The molecule has 0 bridgehead atoms. The summed E-state index contributed by atoms with van der Waals surface area (Å²) in [5.74, 6) is 0.473. The van der Waals surface area contributed by atoms with Crippen LogP contribution in [0.5, 0.6) is 0 Å². The second-order valence-corrected chi connectivity index (χ2v) is 7.52. The van der Waals surface area contributed by atoms with Gasteiger partial charge in [0.15, 0.2) is 0 Å². The largest absolute Gasteiger partial charge is 0.335 e. The number of carbonyl (C=O) groups is 1. The van der Waals surface area contributed by atoms with Gasteiger partial charge in [-0.25, -0.2) is 4.98 Å². The van der Waals surface area contributed by atoms with Crippen LogP contribution >= 0.6 is 11.6 Å². The molecule has 1 amide bonds. The Bertz CT molecular complexity index is 1080. The number of hydrogen-bond donors (Lipinski definition) is 1. The average molecular weight is 398 g/mol. The molecule has 0 radical (unpaired) electrons. The van der Waals surface area contributed by atoms with Gasteiger partial charge >= 0.3 is 0 Å². The van der Waals surface area contributed by atoms with Crippen molar-refractivity contribution < 1.29 is 4.79 Å². The third kappa shape index (κ3) is 4.60. The van der Waals surface area contributed by atoms with Crippen molar-refractivity contribution in [3.8, 4) is 0 Å². The standard InChI is InChI=1S/C22H24ClN3O2/c1-4-9-26(21(27)11-16-6-5-14(2)15(3)10-16)13-20-24-19-12-17(23)7-8-18(19)22(28)25-20/h5-8,10,12H,4,9,11,13H2,1-3H3,(H,24,25,28). The number of benzene rings is 2. The Balaban J connectivity index is 1.84. The van der Waals surface area contributed by atoms with Gasteiger partial charge < -0.3 is 9.88 Å². The molecule has 0 aliphatic rings. The number of H-pyrrole nitrogens is 1. The van der Waals surface area contributed by atoms with E-state index < -0.39 is 0 Å². The second-order valence-electron chi connectivity index (χ2n) is 7.08. The van der Waals surface area contributed by atoms with Gasteiger partial charge in [-0.2, -0.15) is 0 Å². The fourth-order valence-electron chi connectivity index (χ4n) is 3.18. The predicted molar refractivity (Wildman–Crippen MR) is 113 cm³/mol. The fraction of sp³-hybridized carbons (Fsp3) is 0.318. The molecule has 6 heteroatoms. The lowest BCUT2D eigenvalue weighted by Gasteiger charge is -2.22. The Morgan fingerprint density at radius 3 is 2.64 bits per heavy atom. The quantitative estimate of drug-likeness (QED) is 0.678. The number of halogens is 1. The van der Waals surface area contributed by atoms with Gasteiger partial charge in [-0.05, 0) is 55.2 Å². The summed E-state index contributed by atoms with van der Waals surface area (Å²) in [4.78, 5) is 34.3. The highest BCUT2D eigenvalue weighted by Crippen LogP contribution is 2.16. The SMILES string of the molecule is CCCN(Cc1nc2cc(Cl)ccc2c(=O)[nH]1)C(=O)Cc1ccc(C)c(C)c1. The molecule has 0 aliphatic heterocycles. The minimum Gasteiger partial charge on any atom is -0.335 e. The molecule has 3 aromatic rings. The molecule has 0 fully saturated rings. The number of hydrogen-bond acceptors (Lipinski definition) is 3. The van der Waals surface area contributed by atoms with Gasteiger partial charge in [0, 0.05) is 11.6 Å². The highest BCUT2D eigenvalue weighted by atomic mass is 35.5. The van der Waals surface area contributed by atoms with Crippen LogP contribution in [0.2, 0.25) is 5.02 Å². The van der Waals surface area contributed by atoms with Gasteiger partial charge in [0.2, 0.25) is 5.91 Å². The van der Waals surface area contributed by atoms with Crippen molar-refractivity contribution in [3.63, 3.8) is 0 Å². The molecule has 0 aliphatic carbocycles. The monoisotopic (exact) mass is 397 g/mol. The van der Waals surface area contributed by atoms with Gasteiger partial charge in [-0.1, -0.05) is 36.7 Å². The number of fused-ring (bicyclic) bond motifs is 1. The normalized spacial score (nSPS) is 11.0. The summed E-state index contributed by atoms with van der Waals surface area (Å²) in [5.41, 5.74) is 3.67. The van der Waals surface area contributed by atoms with Crippen LogP contribution in [0.25, 0.3) is 10.9 Å². The van der Waals surface area contributed by atoms with E-state index in [-0.39, 0.29) is 18.0 Å². The first kappa shape index (κ1) is 20.1. The lowest BCUT2D eigenvalue weighted by atomic mass is 10.0. The van der Waals surface area contributed by atoms with Crippen LogP contribution in [0.15, 0.2) is 41.2 Å². The van der Waals surface area contributed by atoms with E-state index in [9.17, 15) is 9.59 Å². The number of nitrogens with zero attached hydrogens (tertiary/aromatic N) is 2. The van der Waals surface area contributed by atoms with E-state index in [1.807, 2.05) is 26.0 Å². The van der Waals surface area contributed by atoms with E-state index in [1.165, 1.54) is 11.1 Å². The number of aromatic nitrogens is 2. The van der Waals surface area contributed by atoms with E-state index in [1.54, 1.807) is 23.1 Å². The number of aryl methyl sites for hydroxylation is 2. The van der Waals surface area contributed by atoms with Crippen LogP contribution in [0.3, 0.4) is 0 Å². The molecule has 2 aromatic carbocycles. The zero-order valence-electron chi connectivity index (χ0n) is 16.4. The zero-order chi connectivity index (χ0) is 20.3. The molecule has 1 aromatic heterocycles. The summed E-state index contributed by atoms with van der Waals surface area (Å²) in [7, 11) is 0. The number of carbonyl (C=O) groups excluding carboxylic acids is 1. The minimum atomic E-state index is -0.227. The maximum atomic E-state index is 12.9. The molecule has 5 nitrogen and oxygen atoms in total. The van der Waals surface area contributed by atoms with Gasteiger partial charge in [0.1, 0.15) is 5.82 Å². The zero-order valence-corrected chi connectivity index (χ0v) is 17.1. The summed E-state index contributed by atoms with van der Waals surface area (Å²) >= 11 is 6.03. The van der Waals surface area contributed by atoms with Crippen molar-refractivity contribution in [2.24, 2.45) is 0 Å². The summed E-state index contributed by atoms with van der Waals surface area (Å²) in [6.07, 6.45) is 1.15. The van der Waals surface area contributed by atoms with Crippen LogP contribution in [-0.4, -0.2) is 27.3 Å². The number of amides is 1. The van der Waals surface area contributed by atoms with E-state index in [2.05, 4.69) is 23.0 Å². The summed E-state index contributed by atoms with van der Waals surface area (Å²) in [6, 6.07) is 11.1. The van der Waals surface area contributed by atoms with E-state index in [0.717, 1.165) is 12.0 Å². The highest BCUT2D eigenvalue weighted by molar-refractivity contribution is 6.31. The molecule has 0 unspecified atom stereocenters. The van der Waals surface area contributed by atoms with Gasteiger partial charge in [0.25, 0.3) is 5.56 Å². The Hall–Kier alpha value is -2.66. The lowest BCUT2D eigenvalue weighted by molar-refractivity contribution is -0.131. The topological polar surface area (TPSA) is 66.1 Å². The number of aromatic amines is 1. The van der Waals surface area contributed by atoms with Crippen molar-refractivity contribution in [1.82, 2.24) is 14.9 Å². The van der Waals surface area contributed by atoms with Crippen LogP contribution in [-0.2, 0) is 17.8 Å². The van der Waals surface area contributed by atoms with Gasteiger partial charge in [-0.15, -0.1) is 0 Å².